The van der Waals surface area contributed by atoms with Gasteiger partial charge in [-0.05, 0) is 26.2 Å². The molecule has 0 bridgehead atoms. The predicted molar refractivity (Wildman–Crippen MR) is 71.9 cm³/mol. The van der Waals surface area contributed by atoms with Crippen LogP contribution < -0.4 is 0 Å². The van der Waals surface area contributed by atoms with E-state index in [4.69, 9.17) is 4.74 Å². The maximum atomic E-state index is 12.6. The summed E-state index contributed by atoms with van der Waals surface area (Å²) in [5, 5.41) is 9.70. The summed E-state index contributed by atoms with van der Waals surface area (Å²) in [6, 6.07) is 0. The van der Waals surface area contributed by atoms with Gasteiger partial charge in [-0.3, -0.25) is 0 Å². The minimum Gasteiger partial charge on any atom is -0.393 e. The minimum atomic E-state index is -3.43. The summed E-state index contributed by atoms with van der Waals surface area (Å²) in [5.41, 5.74) is 0. The zero-order valence-electron chi connectivity index (χ0n) is 11.8. The molecule has 0 saturated carbocycles. The van der Waals surface area contributed by atoms with Crippen LogP contribution in [0.2, 0.25) is 0 Å². The standard InChI is InChI=1S/C12H24N2O4S/c1-9-6-13(5-4-12(9)15)19(16,17)14-7-10(2)18-11(3)8-14/h9-12,15H,4-8H2,1-3H3. The van der Waals surface area contributed by atoms with E-state index in [0.29, 0.717) is 32.6 Å². The summed E-state index contributed by atoms with van der Waals surface area (Å²) in [6.07, 6.45) is -0.0396. The molecule has 0 aromatic heterocycles. The number of ether oxygens (including phenoxy) is 1. The first kappa shape index (κ1) is 15.2. The second-order valence-electron chi connectivity index (χ2n) is 5.77. The van der Waals surface area contributed by atoms with Crippen molar-refractivity contribution in [2.75, 3.05) is 26.2 Å². The van der Waals surface area contributed by atoms with Gasteiger partial charge in [-0.1, -0.05) is 6.92 Å². The van der Waals surface area contributed by atoms with Gasteiger partial charge in [0.1, 0.15) is 0 Å². The monoisotopic (exact) mass is 292 g/mol. The molecule has 7 heteroatoms. The van der Waals surface area contributed by atoms with Gasteiger partial charge in [0.25, 0.3) is 10.2 Å². The number of morpholine rings is 1. The molecule has 0 spiro atoms. The molecule has 2 saturated heterocycles. The second-order valence-corrected chi connectivity index (χ2v) is 7.70. The highest BCUT2D eigenvalue weighted by Gasteiger charge is 2.38. The molecule has 6 nitrogen and oxygen atoms in total. The zero-order valence-corrected chi connectivity index (χ0v) is 12.6. The van der Waals surface area contributed by atoms with Crippen LogP contribution in [0.25, 0.3) is 0 Å². The molecule has 4 unspecified atom stereocenters. The summed E-state index contributed by atoms with van der Waals surface area (Å²) in [6.45, 7) is 7.26. The molecule has 2 aliphatic rings. The van der Waals surface area contributed by atoms with Crippen LogP contribution in [0.1, 0.15) is 27.2 Å². The van der Waals surface area contributed by atoms with Crippen molar-refractivity contribution in [3.05, 3.63) is 0 Å². The van der Waals surface area contributed by atoms with Crippen LogP contribution in [0.4, 0.5) is 0 Å². The van der Waals surface area contributed by atoms with Crippen LogP contribution in [0.15, 0.2) is 0 Å². The Balaban J connectivity index is 2.09. The van der Waals surface area contributed by atoms with E-state index in [2.05, 4.69) is 0 Å². The number of aliphatic hydroxyl groups is 1. The lowest BCUT2D eigenvalue weighted by molar-refractivity contribution is -0.0462. The second kappa shape index (κ2) is 5.65. The first-order valence-electron chi connectivity index (χ1n) is 6.89. The smallest absolute Gasteiger partial charge is 0.282 e. The molecule has 2 heterocycles. The Morgan fingerprint density at radius 1 is 1.05 bits per heavy atom. The topological polar surface area (TPSA) is 70.1 Å². The van der Waals surface area contributed by atoms with Gasteiger partial charge in [-0.25, -0.2) is 0 Å². The molecule has 0 aromatic carbocycles. The first-order chi connectivity index (χ1) is 8.80. The quantitative estimate of drug-likeness (QED) is 0.780. The minimum absolute atomic E-state index is 0.0144. The predicted octanol–water partition coefficient (Wildman–Crippen LogP) is 0.0431. The molecular weight excluding hydrogens is 268 g/mol. The van der Waals surface area contributed by atoms with Gasteiger partial charge in [0.2, 0.25) is 0 Å². The molecule has 1 N–H and O–H groups in total. The van der Waals surface area contributed by atoms with Crippen LogP contribution in [-0.4, -0.2) is 66.6 Å². The molecule has 2 fully saturated rings. The summed E-state index contributed by atoms with van der Waals surface area (Å²) >= 11 is 0. The highest BCUT2D eigenvalue weighted by atomic mass is 32.2. The van der Waals surface area contributed by atoms with Crippen LogP contribution >= 0.6 is 0 Å². The fraction of sp³-hybridized carbons (Fsp3) is 1.00. The third-order valence-corrected chi connectivity index (χ3v) is 5.80. The number of nitrogens with zero attached hydrogens (tertiary/aromatic N) is 2. The van der Waals surface area contributed by atoms with Gasteiger partial charge in [-0.2, -0.15) is 17.0 Å². The molecule has 2 aliphatic heterocycles. The third-order valence-electron chi connectivity index (χ3n) is 3.86. The highest BCUT2D eigenvalue weighted by Crippen LogP contribution is 2.23. The van der Waals surface area contributed by atoms with E-state index in [1.807, 2.05) is 20.8 Å². The maximum Gasteiger partial charge on any atom is 0.282 e. The van der Waals surface area contributed by atoms with Crippen molar-refractivity contribution in [1.29, 1.82) is 0 Å². The van der Waals surface area contributed by atoms with Gasteiger partial charge in [0.15, 0.2) is 0 Å². The van der Waals surface area contributed by atoms with E-state index in [-0.39, 0.29) is 18.1 Å². The summed E-state index contributed by atoms with van der Waals surface area (Å²) in [7, 11) is -3.43. The zero-order chi connectivity index (χ0) is 14.2. The number of hydrogen-bond acceptors (Lipinski definition) is 4. The number of piperidine rings is 1. The summed E-state index contributed by atoms with van der Waals surface area (Å²) in [4.78, 5) is 0. The van der Waals surface area contributed by atoms with E-state index in [1.54, 1.807) is 0 Å². The molecule has 2 rings (SSSR count). The Morgan fingerprint density at radius 2 is 1.63 bits per heavy atom. The first-order valence-corrected chi connectivity index (χ1v) is 8.29. The Labute approximate surface area is 115 Å². The van der Waals surface area contributed by atoms with E-state index < -0.39 is 16.3 Å². The molecule has 19 heavy (non-hydrogen) atoms. The Bertz CT molecular complexity index is 404. The lowest BCUT2D eigenvalue weighted by Crippen LogP contribution is -2.55. The average Bonchev–Trinajstić information content (AvgIpc) is 2.31. The van der Waals surface area contributed by atoms with Crippen LogP contribution in [-0.2, 0) is 14.9 Å². The molecular formula is C12H24N2O4S. The lowest BCUT2D eigenvalue weighted by atomic mass is 9.99. The van der Waals surface area contributed by atoms with Gasteiger partial charge in [-0.15, -0.1) is 0 Å². The molecule has 0 aliphatic carbocycles. The van der Waals surface area contributed by atoms with Crippen molar-refractivity contribution < 1.29 is 18.3 Å². The normalized spacial score (nSPS) is 39.4. The van der Waals surface area contributed by atoms with Gasteiger partial charge in [0, 0.05) is 26.2 Å². The average molecular weight is 292 g/mol. The van der Waals surface area contributed by atoms with Gasteiger partial charge < -0.3 is 9.84 Å². The molecule has 0 aromatic rings. The Morgan fingerprint density at radius 3 is 2.16 bits per heavy atom. The summed E-state index contributed by atoms with van der Waals surface area (Å²) in [5.74, 6) is -0.0144. The van der Waals surface area contributed by atoms with Crippen molar-refractivity contribution >= 4 is 10.2 Å². The van der Waals surface area contributed by atoms with Crippen molar-refractivity contribution in [1.82, 2.24) is 8.61 Å². The van der Waals surface area contributed by atoms with Crippen LogP contribution in [0.3, 0.4) is 0 Å². The largest absolute Gasteiger partial charge is 0.393 e. The Kier molecular flexibility index (Phi) is 4.52. The molecule has 0 amide bonds. The fourth-order valence-corrected chi connectivity index (χ4v) is 4.67. The van der Waals surface area contributed by atoms with Gasteiger partial charge in [0.05, 0.1) is 18.3 Å². The van der Waals surface area contributed by atoms with Crippen molar-refractivity contribution in [2.45, 2.75) is 45.5 Å². The van der Waals surface area contributed by atoms with Crippen molar-refractivity contribution in [2.24, 2.45) is 5.92 Å². The van der Waals surface area contributed by atoms with Crippen molar-refractivity contribution in [3.8, 4) is 0 Å². The van der Waals surface area contributed by atoms with Crippen molar-refractivity contribution in [3.63, 3.8) is 0 Å². The number of aliphatic hydroxyl groups excluding tert-OH is 1. The van der Waals surface area contributed by atoms with Gasteiger partial charge >= 0.3 is 0 Å². The molecule has 112 valence electrons. The third kappa shape index (κ3) is 3.28. The fourth-order valence-electron chi connectivity index (χ4n) is 2.79. The number of rotatable bonds is 2. The van der Waals surface area contributed by atoms with E-state index in [1.165, 1.54) is 8.61 Å². The van der Waals surface area contributed by atoms with Crippen LogP contribution in [0.5, 0.6) is 0 Å². The lowest BCUT2D eigenvalue weighted by Gasteiger charge is -2.40. The van der Waals surface area contributed by atoms with E-state index in [0.717, 1.165) is 0 Å². The molecule has 4 atom stereocenters. The molecule has 0 radical (unpaired) electrons. The SMILES string of the molecule is CC1CN(S(=O)(=O)N2CCC(O)C(C)C2)CC(C)O1. The highest BCUT2D eigenvalue weighted by molar-refractivity contribution is 7.86. The van der Waals surface area contributed by atoms with Crippen LogP contribution in [0, 0.1) is 5.92 Å². The maximum absolute atomic E-state index is 12.6. The van der Waals surface area contributed by atoms with E-state index in [9.17, 15) is 13.5 Å². The van der Waals surface area contributed by atoms with E-state index >= 15 is 0 Å². The Hall–Kier alpha value is -0.210. The number of hydrogen-bond donors (Lipinski definition) is 1. The summed E-state index contributed by atoms with van der Waals surface area (Å²) < 4.78 is 33.8.